The topological polar surface area (TPSA) is 58.1 Å². The van der Waals surface area contributed by atoms with Crippen molar-refractivity contribution in [3.63, 3.8) is 0 Å². The Morgan fingerprint density at radius 2 is 1.84 bits per heavy atom. The highest BCUT2D eigenvalue weighted by Crippen LogP contribution is 2.33. The third kappa shape index (κ3) is 4.02. The van der Waals surface area contributed by atoms with E-state index in [0.29, 0.717) is 30.0 Å². The number of carbonyl (C=O) groups is 1. The minimum Gasteiger partial charge on any atom is -0.363 e. The number of benzene rings is 1. The number of nitrogens with one attached hydrogen (secondary N) is 1. The number of rotatable bonds is 5. The zero-order valence-corrected chi connectivity index (χ0v) is 17.4. The second kappa shape index (κ2) is 8.22. The quantitative estimate of drug-likeness (QED) is 0.532. The van der Waals surface area contributed by atoms with Gasteiger partial charge in [-0.25, -0.2) is 9.37 Å². The second-order valence-electron chi connectivity index (χ2n) is 7.54. The molecule has 1 aliphatic heterocycles. The SMILES string of the molecule is CCN1Cc2c(ccnc2NC(C)c2ccc(-c3ccnc(C(F)(F)F)c3)c(F)c2)C1=O. The molecule has 1 amide bonds. The molecule has 3 heterocycles. The number of carbonyl (C=O) groups excluding carboxylic acids is 1. The molecule has 1 unspecified atom stereocenters. The number of hydrogen-bond acceptors (Lipinski definition) is 4. The molecule has 1 aliphatic rings. The predicted octanol–water partition coefficient (Wildman–Crippen LogP) is 5.45. The van der Waals surface area contributed by atoms with E-state index in [1.54, 1.807) is 23.2 Å². The Hall–Kier alpha value is -3.49. The van der Waals surface area contributed by atoms with E-state index in [-0.39, 0.29) is 23.1 Å². The van der Waals surface area contributed by atoms with Crippen molar-refractivity contribution in [3.8, 4) is 11.1 Å². The van der Waals surface area contributed by atoms with Gasteiger partial charge in [0.2, 0.25) is 0 Å². The summed E-state index contributed by atoms with van der Waals surface area (Å²) in [7, 11) is 0. The Morgan fingerprint density at radius 3 is 2.53 bits per heavy atom. The lowest BCUT2D eigenvalue weighted by molar-refractivity contribution is -0.141. The van der Waals surface area contributed by atoms with E-state index in [0.717, 1.165) is 17.8 Å². The van der Waals surface area contributed by atoms with Gasteiger partial charge in [-0.3, -0.25) is 9.78 Å². The first kappa shape index (κ1) is 21.7. The largest absolute Gasteiger partial charge is 0.433 e. The predicted molar refractivity (Wildman–Crippen MR) is 111 cm³/mol. The molecule has 0 saturated heterocycles. The molecular formula is C23H20F4N4O. The summed E-state index contributed by atoms with van der Waals surface area (Å²) < 4.78 is 53.6. The first-order valence-electron chi connectivity index (χ1n) is 10.1. The van der Waals surface area contributed by atoms with Gasteiger partial charge in [-0.1, -0.05) is 12.1 Å². The maximum atomic E-state index is 14.8. The molecule has 4 rings (SSSR count). The van der Waals surface area contributed by atoms with Gasteiger partial charge in [0.1, 0.15) is 17.3 Å². The maximum absolute atomic E-state index is 14.8. The summed E-state index contributed by atoms with van der Waals surface area (Å²) in [5.41, 5.74) is 1.05. The zero-order chi connectivity index (χ0) is 23.0. The van der Waals surface area contributed by atoms with Crippen molar-refractivity contribution in [2.24, 2.45) is 0 Å². The smallest absolute Gasteiger partial charge is 0.363 e. The van der Waals surface area contributed by atoms with Crippen LogP contribution in [-0.2, 0) is 12.7 Å². The van der Waals surface area contributed by atoms with Gasteiger partial charge in [0, 0.05) is 35.6 Å². The lowest BCUT2D eigenvalue weighted by atomic mass is 10.0. The Labute approximate surface area is 182 Å². The van der Waals surface area contributed by atoms with Gasteiger partial charge in [-0.05, 0) is 49.2 Å². The van der Waals surface area contributed by atoms with Gasteiger partial charge in [0.15, 0.2) is 0 Å². The van der Waals surface area contributed by atoms with Crippen molar-refractivity contribution in [1.82, 2.24) is 14.9 Å². The van der Waals surface area contributed by atoms with E-state index in [9.17, 15) is 22.4 Å². The summed E-state index contributed by atoms with van der Waals surface area (Å²) in [5.74, 6) is -0.145. The highest BCUT2D eigenvalue weighted by Gasteiger charge is 2.33. The molecule has 5 nitrogen and oxygen atoms in total. The zero-order valence-electron chi connectivity index (χ0n) is 17.4. The Balaban J connectivity index is 1.58. The van der Waals surface area contributed by atoms with Crippen LogP contribution in [0, 0.1) is 5.82 Å². The molecular weight excluding hydrogens is 424 g/mol. The third-order valence-electron chi connectivity index (χ3n) is 5.51. The van der Waals surface area contributed by atoms with Crippen molar-refractivity contribution < 1.29 is 22.4 Å². The standard InChI is InChI=1S/C23H20F4N4O/c1-3-31-12-18-17(22(31)32)7-9-29-21(18)30-13(2)14-4-5-16(19(24)10-14)15-6-8-28-20(11-15)23(25,26)27/h4-11,13H,3,12H2,1-2H3,(H,29,30). The molecule has 0 spiro atoms. The van der Waals surface area contributed by atoms with Crippen LogP contribution in [0.1, 0.15) is 47.1 Å². The second-order valence-corrected chi connectivity index (χ2v) is 7.54. The first-order valence-corrected chi connectivity index (χ1v) is 10.1. The molecule has 0 saturated carbocycles. The van der Waals surface area contributed by atoms with Crippen LogP contribution >= 0.6 is 0 Å². The molecule has 9 heteroatoms. The van der Waals surface area contributed by atoms with E-state index in [1.165, 1.54) is 18.2 Å². The Kier molecular flexibility index (Phi) is 5.58. The maximum Gasteiger partial charge on any atom is 0.433 e. The fourth-order valence-corrected chi connectivity index (χ4v) is 3.74. The number of anilines is 1. The monoisotopic (exact) mass is 444 g/mol. The summed E-state index contributed by atoms with van der Waals surface area (Å²) in [6.45, 7) is 4.75. The Morgan fingerprint density at radius 1 is 1.09 bits per heavy atom. The highest BCUT2D eigenvalue weighted by atomic mass is 19.4. The number of fused-ring (bicyclic) bond motifs is 1. The minimum absolute atomic E-state index is 0.0495. The molecule has 166 valence electrons. The van der Waals surface area contributed by atoms with Crippen molar-refractivity contribution in [2.45, 2.75) is 32.6 Å². The van der Waals surface area contributed by atoms with Crippen LogP contribution in [-0.4, -0.2) is 27.3 Å². The third-order valence-corrected chi connectivity index (χ3v) is 5.51. The summed E-state index contributed by atoms with van der Waals surface area (Å²) in [6.07, 6.45) is -2.04. The van der Waals surface area contributed by atoms with Crippen molar-refractivity contribution in [1.29, 1.82) is 0 Å². The van der Waals surface area contributed by atoms with E-state index >= 15 is 0 Å². The molecule has 1 aromatic carbocycles. The van der Waals surface area contributed by atoms with Crippen molar-refractivity contribution in [2.75, 3.05) is 11.9 Å². The number of hydrogen-bond donors (Lipinski definition) is 1. The number of amides is 1. The van der Waals surface area contributed by atoms with Gasteiger partial charge in [0.25, 0.3) is 5.91 Å². The van der Waals surface area contributed by atoms with Crippen LogP contribution in [0.2, 0.25) is 0 Å². The molecule has 0 radical (unpaired) electrons. The average Bonchev–Trinajstić information content (AvgIpc) is 3.10. The molecule has 0 aliphatic carbocycles. The molecule has 0 bridgehead atoms. The van der Waals surface area contributed by atoms with E-state index in [4.69, 9.17) is 0 Å². The lowest BCUT2D eigenvalue weighted by Crippen LogP contribution is -2.22. The Bertz CT molecular complexity index is 1180. The lowest BCUT2D eigenvalue weighted by Gasteiger charge is -2.18. The number of nitrogens with zero attached hydrogens (tertiary/aromatic N) is 3. The average molecular weight is 444 g/mol. The molecule has 3 aromatic rings. The molecule has 1 atom stereocenters. The van der Waals surface area contributed by atoms with Gasteiger partial charge < -0.3 is 10.2 Å². The van der Waals surface area contributed by atoms with Crippen LogP contribution in [0.3, 0.4) is 0 Å². The van der Waals surface area contributed by atoms with Crippen molar-refractivity contribution >= 4 is 11.7 Å². The van der Waals surface area contributed by atoms with Crippen LogP contribution in [0.4, 0.5) is 23.4 Å². The number of alkyl halides is 3. The normalized spacial score (nSPS) is 14.4. The van der Waals surface area contributed by atoms with E-state index in [1.807, 2.05) is 13.8 Å². The van der Waals surface area contributed by atoms with Gasteiger partial charge >= 0.3 is 6.18 Å². The summed E-state index contributed by atoms with van der Waals surface area (Å²) in [4.78, 5) is 21.7. The van der Waals surface area contributed by atoms with E-state index in [2.05, 4.69) is 15.3 Å². The highest BCUT2D eigenvalue weighted by molar-refractivity contribution is 5.99. The number of halogens is 4. The fraction of sp³-hybridized carbons (Fsp3) is 0.261. The summed E-state index contributed by atoms with van der Waals surface area (Å²) in [6, 6.07) is 7.87. The molecule has 2 aromatic heterocycles. The first-order chi connectivity index (χ1) is 15.2. The van der Waals surface area contributed by atoms with Crippen LogP contribution < -0.4 is 5.32 Å². The van der Waals surface area contributed by atoms with Gasteiger partial charge in [0.05, 0.1) is 12.6 Å². The van der Waals surface area contributed by atoms with Crippen molar-refractivity contribution in [3.05, 3.63) is 77.0 Å². The summed E-state index contributed by atoms with van der Waals surface area (Å²) >= 11 is 0. The fourth-order valence-electron chi connectivity index (χ4n) is 3.74. The summed E-state index contributed by atoms with van der Waals surface area (Å²) in [5, 5.41) is 3.22. The number of aromatic nitrogens is 2. The van der Waals surface area contributed by atoms with Gasteiger partial charge in [-0.15, -0.1) is 0 Å². The van der Waals surface area contributed by atoms with Gasteiger partial charge in [-0.2, -0.15) is 13.2 Å². The van der Waals surface area contributed by atoms with Crippen LogP contribution in [0.25, 0.3) is 11.1 Å². The molecule has 1 N–H and O–H groups in total. The number of pyridine rings is 2. The van der Waals surface area contributed by atoms with Crippen LogP contribution in [0.15, 0.2) is 48.8 Å². The molecule has 0 fully saturated rings. The molecule has 32 heavy (non-hydrogen) atoms. The minimum atomic E-state index is -4.61. The van der Waals surface area contributed by atoms with Crippen LogP contribution in [0.5, 0.6) is 0 Å². The van der Waals surface area contributed by atoms with E-state index < -0.39 is 17.7 Å².